The molecule has 0 atom stereocenters. The Labute approximate surface area is 116 Å². The molecule has 2 aromatic carbocycles. The van der Waals surface area contributed by atoms with Crippen LogP contribution in [0.5, 0.6) is 17.2 Å². The summed E-state index contributed by atoms with van der Waals surface area (Å²) >= 11 is 0. The van der Waals surface area contributed by atoms with Crippen LogP contribution in [-0.2, 0) is 0 Å². The molecule has 102 valence electrons. The average Bonchev–Trinajstić information content (AvgIpc) is 2.46. The van der Waals surface area contributed by atoms with Gasteiger partial charge >= 0.3 is 0 Å². The largest absolute Gasteiger partial charge is 0.508 e. The number of ether oxygens (including phenoxy) is 1. The molecule has 2 aromatic rings. The van der Waals surface area contributed by atoms with Crippen LogP contribution >= 0.6 is 0 Å². The average molecular weight is 270 g/mol. The second-order valence-electron chi connectivity index (χ2n) is 4.17. The standard InChI is InChI=1S/C16H14O4/c1-20-13-7-8-14(16(19)10-13)15(18)9-4-11-2-5-12(17)6-3-11/h2-10,17,19H,1H3/b9-4+. The summed E-state index contributed by atoms with van der Waals surface area (Å²) in [5.41, 5.74) is 0.991. The predicted molar refractivity (Wildman–Crippen MR) is 76.1 cm³/mol. The van der Waals surface area contributed by atoms with Gasteiger partial charge in [-0.25, -0.2) is 0 Å². The van der Waals surface area contributed by atoms with E-state index in [2.05, 4.69) is 0 Å². The second kappa shape index (κ2) is 5.93. The summed E-state index contributed by atoms with van der Waals surface area (Å²) in [7, 11) is 1.49. The number of phenols is 2. The van der Waals surface area contributed by atoms with Crippen molar-refractivity contribution in [2.75, 3.05) is 7.11 Å². The highest BCUT2D eigenvalue weighted by molar-refractivity contribution is 6.08. The van der Waals surface area contributed by atoms with Gasteiger partial charge in [0.15, 0.2) is 5.78 Å². The molecule has 0 unspecified atom stereocenters. The number of carbonyl (C=O) groups is 1. The van der Waals surface area contributed by atoms with E-state index < -0.39 is 0 Å². The summed E-state index contributed by atoms with van der Waals surface area (Å²) in [4.78, 5) is 12.0. The number of carbonyl (C=O) groups excluding carboxylic acids is 1. The summed E-state index contributed by atoms with van der Waals surface area (Å²) in [5.74, 6) is 0.228. The lowest BCUT2D eigenvalue weighted by Gasteiger charge is -2.03. The second-order valence-corrected chi connectivity index (χ2v) is 4.17. The van der Waals surface area contributed by atoms with Crippen molar-refractivity contribution in [1.29, 1.82) is 0 Å². The normalized spacial score (nSPS) is 10.7. The molecule has 0 radical (unpaired) electrons. The quantitative estimate of drug-likeness (QED) is 0.662. The molecule has 2 N–H and O–H groups in total. The van der Waals surface area contributed by atoms with Crippen LogP contribution in [0.3, 0.4) is 0 Å². The van der Waals surface area contributed by atoms with Gasteiger partial charge in [0.2, 0.25) is 0 Å². The Morgan fingerprint density at radius 1 is 1.10 bits per heavy atom. The number of hydrogen-bond donors (Lipinski definition) is 2. The molecular weight excluding hydrogens is 256 g/mol. The van der Waals surface area contributed by atoms with Gasteiger partial charge in [-0.15, -0.1) is 0 Å². The zero-order chi connectivity index (χ0) is 14.5. The van der Waals surface area contributed by atoms with Crippen LogP contribution < -0.4 is 4.74 Å². The smallest absolute Gasteiger partial charge is 0.189 e. The lowest BCUT2D eigenvalue weighted by molar-refractivity contribution is 0.104. The van der Waals surface area contributed by atoms with Gasteiger partial charge in [-0.1, -0.05) is 18.2 Å². The first-order valence-corrected chi connectivity index (χ1v) is 5.98. The van der Waals surface area contributed by atoms with E-state index in [-0.39, 0.29) is 22.8 Å². The number of allylic oxidation sites excluding steroid dienone is 1. The molecule has 0 saturated heterocycles. The first-order valence-electron chi connectivity index (χ1n) is 5.98. The van der Waals surface area contributed by atoms with Gasteiger partial charge in [-0.3, -0.25) is 4.79 Å². The molecule has 0 aliphatic rings. The molecule has 4 heteroatoms. The van der Waals surface area contributed by atoms with Gasteiger partial charge in [0, 0.05) is 6.07 Å². The molecule has 0 aliphatic carbocycles. The van der Waals surface area contributed by atoms with Crippen molar-refractivity contribution in [3.8, 4) is 17.2 Å². The maximum absolute atomic E-state index is 12.0. The Morgan fingerprint density at radius 2 is 1.80 bits per heavy atom. The minimum atomic E-state index is -0.307. The third kappa shape index (κ3) is 3.17. The monoisotopic (exact) mass is 270 g/mol. The Morgan fingerprint density at radius 3 is 2.40 bits per heavy atom. The molecule has 0 bridgehead atoms. The zero-order valence-corrected chi connectivity index (χ0v) is 10.9. The molecule has 0 aliphatic heterocycles. The van der Waals surface area contributed by atoms with Crippen LogP contribution in [0.4, 0.5) is 0 Å². The fourth-order valence-corrected chi connectivity index (χ4v) is 1.69. The van der Waals surface area contributed by atoms with Crippen LogP contribution in [0.25, 0.3) is 6.08 Å². The van der Waals surface area contributed by atoms with Crippen molar-refractivity contribution in [3.05, 3.63) is 59.7 Å². The summed E-state index contributed by atoms with van der Waals surface area (Å²) < 4.78 is 4.96. The first kappa shape index (κ1) is 13.7. The number of ketones is 1. The van der Waals surface area contributed by atoms with Crippen molar-refractivity contribution in [1.82, 2.24) is 0 Å². The van der Waals surface area contributed by atoms with Crippen molar-refractivity contribution in [3.63, 3.8) is 0 Å². The topological polar surface area (TPSA) is 66.8 Å². The zero-order valence-electron chi connectivity index (χ0n) is 10.9. The molecule has 0 fully saturated rings. The maximum Gasteiger partial charge on any atom is 0.189 e. The number of phenolic OH excluding ortho intramolecular Hbond substituents is 2. The highest BCUT2D eigenvalue weighted by atomic mass is 16.5. The van der Waals surface area contributed by atoms with Crippen molar-refractivity contribution in [2.24, 2.45) is 0 Å². The summed E-state index contributed by atoms with van der Waals surface area (Å²) in [6.45, 7) is 0. The van der Waals surface area contributed by atoms with Gasteiger partial charge in [0.1, 0.15) is 17.2 Å². The Balaban J connectivity index is 2.17. The number of hydrogen-bond acceptors (Lipinski definition) is 4. The lowest BCUT2D eigenvalue weighted by Crippen LogP contribution is -1.95. The molecule has 2 rings (SSSR count). The van der Waals surface area contributed by atoms with E-state index in [0.717, 1.165) is 5.56 Å². The SMILES string of the molecule is COc1ccc(C(=O)/C=C/c2ccc(O)cc2)c(O)c1. The highest BCUT2D eigenvalue weighted by Gasteiger charge is 2.09. The van der Waals surface area contributed by atoms with Crippen molar-refractivity contribution < 1.29 is 19.7 Å². The van der Waals surface area contributed by atoms with E-state index >= 15 is 0 Å². The van der Waals surface area contributed by atoms with Gasteiger partial charge in [-0.05, 0) is 35.9 Å². The third-order valence-corrected chi connectivity index (χ3v) is 2.79. The van der Waals surface area contributed by atoms with Crippen LogP contribution in [0.15, 0.2) is 48.5 Å². The molecule has 0 saturated carbocycles. The van der Waals surface area contributed by atoms with E-state index in [0.29, 0.717) is 5.75 Å². The maximum atomic E-state index is 12.0. The van der Waals surface area contributed by atoms with Crippen LogP contribution in [0.2, 0.25) is 0 Å². The third-order valence-electron chi connectivity index (χ3n) is 2.79. The van der Waals surface area contributed by atoms with Crippen LogP contribution in [0.1, 0.15) is 15.9 Å². The fourth-order valence-electron chi connectivity index (χ4n) is 1.69. The Bertz CT molecular complexity index is 642. The van der Waals surface area contributed by atoms with E-state index in [1.807, 2.05) is 0 Å². The summed E-state index contributed by atoms with van der Waals surface area (Å²) in [5, 5.41) is 18.9. The van der Waals surface area contributed by atoms with Gasteiger partial charge in [0.25, 0.3) is 0 Å². The van der Waals surface area contributed by atoms with Gasteiger partial charge in [-0.2, -0.15) is 0 Å². The Hall–Kier alpha value is -2.75. The Kier molecular flexibility index (Phi) is 4.05. The van der Waals surface area contributed by atoms with E-state index in [1.54, 1.807) is 24.3 Å². The summed E-state index contributed by atoms with van der Waals surface area (Å²) in [6.07, 6.45) is 2.99. The van der Waals surface area contributed by atoms with Gasteiger partial charge < -0.3 is 14.9 Å². The first-order chi connectivity index (χ1) is 9.60. The minimum Gasteiger partial charge on any atom is -0.508 e. The number of methoxy groups -OCH3 is 1. The lowest BCUT2D eigenvalue weighted by atomic mass is 10.1. The van der Waals surface area contributed by atoms with Crippen molar-refractivity contribution >= 4 is 11.9 Å². The molecule has 0 amide bonds. The van der Waals surface area contributed by atoms with Gasteiger partial charge in [0.05, 0.1) is 12.7 Å². The van der Waals surface area contributed by atoms with E-state index in [9.17, 15) is 9.90 Å². The highest BCUT2D eigenvalue weighted by Crippen LogP contribution is 2.24. The summed E-state index contributed by atoms with van der Waals surface area (Å²) in [6, 6.07) is 11.0. The number of benzene rings is 2. The minimum absolute atomic E-state index is 0.121. The van der Waals surface area contributed by atoms with Crippen LogP contribution in [-0.4, -0.2) is 23.1 Å². The predicted octanol–water partition coefficient (Wildman–Crippen LogP) is 3.00. The van der Waals surface area contributed by atoms with E-state index in [4.69, 9.17) is 9.84 Å². The molecule has 0 aromatic heterocycles. The molecule has 0 heterocycles. The number of rotatable bonds is 4. The molecule has 0 spiro atoms. The molecular formula is C16H14O4. The van der Waals surface area contributed by atoms with Crippen molar-refractivity contribution in [2.45, 2.75) is 0 Å². The van der Waals surface area contributed by atoms with E-state index in [1.165, 1.54) is 37.5 Å². The molecule has 4 nitrogen and oxygen atoms in total. The number of aromatic hydroxyl groups is 2. The molecule has 20 heavy (non-hydrogen) atoms. The fraction of sp³-hybridized carbons (Fsp3) is 0.0625. The van der Waals surface area contributed by atoms with Crippen LogP contribution in [0, 0.1) is 0 Å².